The van der Waals surface area contributed by atoms with Gasteiger partial charge in [-0.2, -0.15) is 5.26 Å². The van der Waals surface area contributed by atoms with E-state index in [1.165, 1.54) is 18.2 Å². The molecule has 1 aliphatic carbocycles. The first-order valence-corrected chi connectivity index (χ1v) is 7.33. The zero-order chi connectivity index (χ0) is 13.1. The first kappa shape index (κ1) is 13.0. The SMILES string of the molecule is C=C(N=C1/C(=C\C)C=C(C#N)N1C1CCC1)SC. The third-order valence-electron chi connectivity index (χ3n) is 3.37. The van der Waals surface area contributed by atoms with Gasteiger partial charge < -0.3 is 4.90 Å². The number of nitrogens with zero attached hydrogens (tertiary/aromatic N) is 3. The largest absolute Gasteiger partial charge is 0.314 e. The van der Waals surface area contributed by atoms with Crippen LogP contribution in [0.15, 0.2) is 40.0 Å². The average Bonchev–Trinajstić information content (AvgIpc) is 2.65. The minimum absolute atomic E-state index is 0.432. The molecule has 1 saturated carbocycles. The lowest BCUT2D eigenvalue weighted by Gasteiger charge is -2.36. The maximum atomic E-state index is 9.26. The second kappa shape index (κ2) is 5.45. The molecule has 1 aliphatic heterocycles. The topological polar surface area (TPSA) is 39.4 Å². The maximum absolute atomic E-state index is 9.26. The summed E-state index contributed by atoms with van der Waals surface area (Å²) in [6.45, 7) is 5.88. The molecule has 0 N–H and O–H groups in total. The number of rotatable bonds is 3. The van der Waals surface area contributed by atoms with E-state index in [9.17, 15) is 5.26 Å². The Morgan fingerprint density at radius 3 is 2.83 bits per heavy atom. The highest BCUT2D eigenvalue weighted by Gasteiger charge is 2.35. The number of amidine groups is 1. The highest BCUT2D eigenvalue weighted by molar-refractivity contribution is 8.02. The van der Waals surface area contributed by atoms with Crippen molar-refractivity contribution in [2.24, 2.45) is 4.99 Å². The van der Waals surface area contributed by atoms with Crippen molar-refractivity contribution in [1.82, 2.24) is 4.90 Å². The molecule has 18 heavy (non-hydrogen) atoms. The molecular formula is C14H17N3S. The van der Waals surface area contributed by atoms with Crippen molar-refractivity contribution in [1.29, 1.82) is 5.26 Å². The standard InChI is InChI=1S/C14H17N3S/c1-4-11-8-13(9-15)17(12-6-5-7-12)14(11)16-10(2)18-3/h4,8,12H,2,5-7H2,1,3H3/b11-4-,16-14?. The Hall–Kier alpha value is -1.47. The second-order valence-electron chi connectivity index (χ2n) is 4.37. The molecule has 0 bridgehead atoms. The van der Waals surface area contributed by atoms with E-state index < -0.39 is 0 Å². The fourth-order valence-corrected chi connectivity index (χ4v) is 2.31. The van der Waals surface area contributed by atoms with Crippen LogP contribution in [0.4, 0.5) is 0 Å². The average molecular weight is 259 g/mol. The van der Waals surface area contributed by atoms with Crippen molar-refractivity contribution < 1.29 is 0 Å². The van der Waals surface area contributed by atoms with E-state index >= 15 is 0 Å². The molecule has 0 aromatic rings. The molecule has 0 aromatic heterocycles. The van der Waals surface area contributed by atoms with Gasteiger partial charge in [0.05, 0.1) is 5.03 Å². The van der Waals surface area contributed by atoms with Gasteiger partial charge in [-0.3, -0.25) is 0 Å². The normalized spacial score (nSPS) is 24.1. The number of hydrogen-bond donors (Lipinski definition) is 0. The van der Waals surface area contributed by atoms with Crippen molar-refractivity contribution in [2.75, 3.05) is 6.26 Å². The van der Waals surface area contributed by atoms with E-state index in [2.05, 4.69) is 22.5 Å². The van der Waals surface area contributed by atoms with Crippen LogP contribution in [0.25, 0.3) is 0 Å². The molecule has 0 amide bonds. The van der Waals surface area contributed by atoms with Crippen LogP contribution in [-0.4, -0.2) is 23.0 Å². The smallest absolute Gasteiger partial charge is 0.142 e. The predicted octanol–water partition coefficient (Wildman–Crippen LogP) is 3.44. The Morgan fingerprint density at radius 2 is 2.39 bits per heavy atom. The zero-order valence-corrected chi connectivity index (χ0v) is 11.6. The van der Waals surface area contributed by atoms with E-state index in [0.717, 1.165) is 29.3 Å². The molecule has 0 radical (unpaired) electrons. The summed E-state index contributed by atoms with van der Waals surface area (Å²) >= 11 is 1.53. The maximum Gasteiger partial charge on any atom is 0.142 e. The molecule has 2 rings (SSSR count). The Kier molecular flexibility index (Phi) is 3.93. The summed E-state index contributed by atoms with van der Waals surface area (Å²) in [5.74, 6) is 0.887. The minimum Gasteiger partial charge on any atom is -0.314 e. The quantitative estimate of drug-likeness (QED) is 0.779. The van der Waals surface area contributed by atoms with Gasteiger partial charge in [-0.15, -0.1) is 11.8 Å². The molecule has 0 spiro atoms. The molecule has 94 valence electrons. The number of aliphatic imine (C=N–C) groups is 1. The Labute approximate surface area is 113 Å². The molecule has 0 atom stereocenters. The highest BCUT2D eigenvalue weighted by atomic mass is 32.2. The fraction of sp³-hybridized carbons (Fsp3) is 0.429. The Morgan fingerprint density at radius 1 is 1.67 bits per heavy atom. The summed E-state index contributed by atoms with van der Waals surface area (Å²) in [6.07, 6.45) is 9.40. The van der Waals surface area contributed by atoms with Gasteiger partial charge in [0.1, 0.15) is 17.6 Å². The Bertz CT molecular complexity index is 490. The van der Waals surface area contributed by atoms with Crippen LogP contribution in [0.5, 0.6) is 0 Å². The van der Waals surface area contributed by atoms with Crippen LogP contribution in [0.3, 0.4) is 0 Å². The van der Waals surface area contributed by atoms with E-state index in [1.54, 1.807) is 0 Å². The van der Waals surface area contributed by atoms with E-state index in [-0.39, 0.29) is 0 Å². The minimum atomic E-state index is 0.432. The van der Waals surface area contributed by atoms with Crippen LogP contribution < -0.4 is 0 Å². The molecular weight excluding hydrogens is 242 g/mol. The van der Waals surface area contributed by atoms with Crippen LogP contribution in [0.2, 0.25) is 0 Å². The molecule has 0 aromatic carbocycles. The molecule has 3 nitrogen and oxygen atoms in total. The summed E-state index contributed by atoms with van der Waals surface area (Å²) in [5, 5.41) is 10.0. The van der Waals surface area contributed by atoms with Gasteiger partial charge in [-0.25, -0.2) is 4.99 Å². The van der Waals surface area contributed by atoms with Gasteiger partial charge in [0, 0.05) is 11.6 Å². The van der Waals surface area contributed by atoms with E-state index in [4.69, 9.17) is 0 Å². The van der Waals surface area contributed by atoms with Gasteiger partial charge in [0.15, 0.2) is 0 Å². The summed E-state index contributed by atoms with van der Waals surface area (Å²) in [5.41, 5.74) is 1.73. The number of allylic oxidation sites excluding steroid dienone is 2. The van der Waals surface area contributed by atoms with Crippen LogP contribution in [-0.2, 0) is 0 Å². The monoisotopic (exact) mass is 259 g/mol. The van der Waals surface area contributed by atoms with Crippen LogP contribution >= 0.6 is 11.8 Å². The first-order chi connectivity index (χ1) is 8.71. The van der Waals surface area contributed by atoms with Gasteiger partial charge in [0.25, 0.3) is 0 Å². The summed E-state index contributed by atoms with van der Waals surface area (Å²) in [7, 11) is 0. The molecule has 1 heterocycles. The number of hydrogen-bond acceptors (Lipinski definition) is 3. The van der Waals surface area contributed by atoms with Gasteiger partial charge in [-0.1, -0.05) is 12.7 Å². The van der Waals surface area contributed by atoms with E-state index in [1.807, 2.05) is 25.3 Å². The van der Waals surface area contributed by atoms with Crippen molar-refractivity contribution in [3.8, 4) is 6.07 Å². The highest BCUT2D eigenvalue weighted by Crippen LogP contribution is 2.34. The lowest BCUT2D eigenvalue weighted by Crippen LogP contribution is -2.41. The van der Waals surface area contributed by atoms with Crippen molar-refractivity contribution >= 4 is 17.6 Å². The third kappa shape index (κ3) is 2.23. The summed E-state index contributed by atoms with van der Waals surface area (Å²) < 4.78 is 0. The zero-order valence-electron chi connectivity index (χ0n) is 10.8. The first-order valence-electron chi connectivity index (χ1n) is 6.10. The summed E-state index contributed by atoms with van der Waals surface area (Å²) in [4.78, 5) is 6.65. The molecule has 2 aliphatic rings. The van der Waals surface area contributed by atoms with Gasteiger partial charge in [-0.05, 0) is 38.5 Å². The lowest BCUT2D eigenvalue weighted by molar-refractivity contribution is 0.256. The lowest BCUT2D eigenvalue weighted by atomic mass is 9.91. The van der Waals surface area contributed by atoms with Gasteiger partial charge in [0.2, 0.25) is 0 Å². The predicted molar refractivity (Wildman–Crippen MR) is 77.0 cm³/mol. The van der Waals surface area contributed by atoms with Gasteiger partial charge >= 0.3 is 0 Å². The fourth-order valence-electron chi connectivity index (χ4n) is 2.13. The second-order valence-corrected chi connectivity index (χ2v) is 5.25. The molecule has 1 fully saturated rings. The van der Waals surface area contributed by atoms with Crippen molar-refractivity contribution in [3.05, 3.63) is 35.0 Å². The summed E-state index contributed by atoms with van der Waals surface area (Å²) in [6, 6.07) is 2.71. The van der Waals surface area contributed by atoms with Crippen LogP contribution in [0, 0.1) is 11.3 Å². The van der Waals surface area contributed by atoms with Crippen LogP contribution in [0.1, 0.15) is 26.2 Å². The third-order valence-corrected chi connectivity index (χ3v) is 3.93. The molecule has 4 heteroatoms. The van der Waals surface area contributed by atoms with Crippen molar-refractivity contribution in [2.45, 2.75) is 32.2 Å². The Balaban J connectivity index is 2.38. The number of thioether (sulfide) groups is 1. The van der Waals surface area contributed by atoms with E-state index in [0.29, 0.717) is 11.7 Å². The molecule has 0 unspecified atom stereocenters. The molecule has 0 saturated heterocycles. The van der Waals surface area contributed by atoms with Crippen molar-refractivity contribution in [3.63, 3.8) is 0 Å². The number of nitriles is 1.